The van der Waals surface area contributed by atoms with Crippen LogP contribution in [0.25, 0.3) is 0 Å². The first-order chi connectivity index (χ1) is 6.14. The largest absolute Gasteiger partial charge is 0.325 e. The van der Waals surface area contributed by atoms with E-state index in [0.717, 1.165) is 6.42 Å². The van der Waals surface area contributed by atoms with Crippen LogP contribution in [0.2, 0.25) is 0 Å². The number of hydrogen-bond acceptors (Lipinski definition) is 1. The number of nitrogens with two attached hydrogens (primary N) is 1. The van der Waals surface area contributed by atoms with Gasteiger partial charge in [-0.1, -0.05) is 33.6 Å². The van der Waals surface area contributed by atoms with E-state index >= 15 is 0 Å². The van der Waals surface area contributed by atoms with Crippen LogP contribution in [0.15, 0.2) is 0 Å². The van der Waals surface area contributed by atoms with Crippen molar-refractivity contribution < 1.29 is 0 Å². The lowest BCUT2D eigenvalue weighted by Crippen LogP contribution is -2.56. The summed E-state index contributed by atoms with van der Waals surface area (Å²) >= 11 is 0. The lowest BCUT2D eigenvalue weighted by Gasteiger charge is -2.51. The predicted molar refractivity (Wildman–Crippen MR) is 69.0 cm³/mol. The molecule has 0 heterocycles. The monoisotopic (exact) mass is 263 g/mol. The molecule has 1 saturated carbocycles. The van der Waals surface area contributed by atoms with Gasteiger partial charge in [-0.15, -0.1) is 17.0 Å². The molecule has 0 aromatic carbocycles. The highest BCUT2D eigenvalue weighted by Crippen LogP contribution is 2.49. The molecule has 14 heavy (non-hydrogen) atoms. The summed E-state index contributed by atoms with van der Waals surface area (Å²) in [6, 6.07) is 0. The first-order valence-electron chi connectivity index (χ1n) is 5.93. The first-order valence-corrected chi connectivity index (χ1v) is 5.93. The Kier molecular flexibility index (Phi) is 5.68. The predicted octanol–water partition coefficient (Wildman–Crippen LogP) is 4.05. The molecule has 2 heteroatoms. The van der Waals surface area contributed by atoms with E-state index in [4.69, 9.17) is 5.73 Å². The maximum absolute atomic E-state index is 6.56. The van der Waals surface area contributed by atoms with E-state index in [9.17, 15) is 0 Å². The molecule has 0 aliphatic heterocycles. The Bertz CT molecular complexity index is 166. The van der Waals surface area contributed by atoms with Crippen LogP contribution in [0, 0.1) is 5.41 Å². The Morgan fingerprint density at radius 2 is 1.43 bits per heavy atom. The van der Waals surface area contributed by atoms with Gasteiger partial charge >= 0.3 is 0 Å². The average Bonchev–Trinajstić information content (AvgIpc) is 2.19. The molecule has 0 saturated heterocycles. The fourth-order valence-corrected chi connectivity index (χ4v) is 3.28. The van der Waals surface area contributed by atoms with Crippen LogP contribution in [-0.4, -0.2) is 5.54 Å². The van der Waals surface area contributed by atoms with E-state index in [1.807, 2.05) is 0 Å². The van der Waals surface area contributed by atoms with Gasteiger partial charge in [0.25, 0.3) is 0 Å². The Balaban J connectivity index is 0.00000169. The maximum Gasteiger partial charge on any atom is 0.0208 e. The SMILES string of the molecule is Br.CCC1(N)CCCCC1(CC)CC. The molecule has 1 fully saturated rings. The van der Waals surface area contributed by atoms with E-state index in [0.29, 0.717) is 5.41 Å². The third kappa shape index (κ3) is 2.16. The summed E-state index contributed by atoms with van der Waals surface area (Å²) in [6.07, 6.45) is 8.98. The van der Waals surface area contributed by atoms with Crippen molar-refractivity contribution in [3.63, 3.8) is 0 Å². The lowest BCUT2D eigenvalue weighted by molar-refractivity contribution is 0.0478. The molecule has 2 N–H and O–H groups in total. The molecule has 1 aliphatic rings. The minimum absolute atomic E-state index is 0. The van der Waals surface area contributed by atoms with Crippen LogP contribution < -0.4 is 5.73 Å². The molecule has 0 spiro atoms. The summed E-state index contributed by atoms with van der Waals surface area (Å²) in [5, 5.41) is 0. The molecular weight excluding hydrogens is 238 g/mol. The van der Waals surface area contributed by atoms with Crippen LogP contribution in [0.5, 0.6) is 0 Å². The third-order valence-electron chi connectivity index (χ3n) is 4.57. The fraction of sp³-hybridized carbons (Fsp3) is 1.00. The highest BCUT2D eigenvalue weighted by Gasteiger charge is 2.46. The lowest BCUT2D eigenvalue weighted by atomic mass is 9.58. The van der Waals surface area contributed by atoms with Crippen molar-refractivity contribution in [2.45, 2.75) is 71.3 Å². The summed E-state index contributed by atoms with van der Waals surface area (Å²) in [7, 11) is 0. The molecule has 1 unspecified atom stereocenters. The smallest absolute Gasteiger partial charge is 0.0208 e. The topological polar surface area (TPSA) is 26.0 Å². The highest BCUT2D eigenvalue weighted by atomic mass is 79.9. The zero-order valence-corrected chi connectivity index (χ0v) is 11.6. The Labute approximate surface area is 99.6 Å². The van der Waals surface area contributed by atoms with Crippen molar-refractivity contribution in [1.29, 1.82) is 0 Å². The number of rotatable bonds is 3. The molecule has 0 amide bonds. The van der Waals surface area contributed by atoms with Crippen LogP contribution >= 0.6 is 17.0 Å². The fourth-order valence-electron chi connectivity index (χ4n) is 3.28. The van der Waals surface area contributed by atoms with Gasteiger partial charge in [0.15, 0.2) is 0 Å². The second-order valence-corrected chi connectivity index (χ2v) is 4.70. The minimum atomic E-state index is 0. The second kappa shape index (κ2) is 5.50. The van der Waals surface area contributed by atoms with Gasteiger partial charge in [0.2, 0.25) is 0 Å². The summed E-state index contributed by atoms with van der Waals surface area (Å²) in [4.78, 5) is 0. The Morgan fingerprint density at radius 1 is 0.929 bits per heavy atom. The van der Waals surface area contributed by atoms with E-state index < -0.39 is 0 Å². The zero-order valence-electron chi connectivity index (χ0n) is 9.94. The summed E-state index contributed by atoms with van der Waals surface area (Å²) in [5.74, 6) is 0. The summed E-state index contributed by atoms with van der Waals surface area (Å²) in [6.45, 7) is 6.88. The van der Waals surface area contributed by atoms with Crippen molar-refractivity contribution in [2.75, 3.05) is 0 Å². The van der Waals surface area contributed by atoms with E-state index in [2.05, 4.69) is 20.8 Å². The third-order valence-corrected chi connectivity index (χ3v) is 4.57. The van der Waals surface area contributed by atoms with Gasteiger partial charge in [0.1, 0.15) is 0 Å². The van der Waals surface area contributed by atoms with Crippen molar-refractivity contribution >= 4 is 17.0 Å². The van der Waals surface area contributed by atoms with Crippen LogP contribution in [0.4, 0.5) is 0 Å². The molecule has 0 aromatic rings. The van der Waals surface area contributed by atoms with E-state index in [1.165, 1.54) is 38.5 Å². The molecule has 0 bridgehead atoms. The Morgan fingerprint density at radius 3 is 1.79 bits per heavy atom. The Hall–Kier alpha value is 0.440. The van der Waals surface area contributed by atoms with Gasteiger partial charge in [-0.05, 0) is 37.5 Å². The molecule has 1 atom stereocenters. The summed E-state index contributed by atoms with van der Waals surface area (Å²) in [5.41, 5.74) is 7.14. The molecule has 86 valence electrons. The van der Waals surface area contributed by atoms with Crippen LogP contribution in [-0.2, 0) is 0 Å². The zero-order chi connectivity index (χ0) is 9.95. The van der Waals surface area contributed by atoms with Gasteiger partial charge < -0.3 is 5.73 Å². The molecule has 1 aliphatic carbocycles. The van der Waals surface area contributed by atoms with E-state index in [1.54, 1.807) is 0 Å². The molecule has 0 aromatic heterocycles. The first kappa shape index (κ1) is 14.4. The van der Waals surface area contributed by atoms with Crippen molar-refractivity contribution in [3.05, 3.63) is 0 Å². The molecule has 0 radical (unpaired) electrons. The summed E-state index contributed by atoms with van der Waals surface area (Å²) < 4.78 is 0. The standard InChI is InChI=1S/C12H25N.BrH/c1-4-11(5-2)9-7-8-10-12(11,13)6-3;/h4-10,13H2,1-3H3;1H. The van der Waals surface area contributed by atoms with Crippen molar-refractivity contribution in [3.8, 4) is 0 Å². The quantitative estimate of drug-likeness (QED) is 0.817. The van der Waals surface area contributed by atoms with Gasteiger partial charge in [-0.3, -0.25) is 0 Å². The molecular formula is C12H26BrN. The molecule has 1 rings (SSSR count). The van der Waals surface area contributed by atoms with Gasteiger partial charge in [0.05, 0.1) is 0 Å². The molecule has 1 nitrogen and oxygen atoms in total. The van der Waals surface area contributed by atoms with Gasteiger partial charge in [0, 0.05) is 5.54 Å². The normalized spacial score (nSPS) is 30.9. The number of halogens is 1. The average molecular weight is 264 g/mol. The van der Waals surface area contributed by atoms with Crippen LogP contribution in [0.3, 0.4) is 0 Å². The van der Waals surface area contributed by atoms with Crippen molar-refractivity contribution in [2.24, 2.45) is 11.1 Å². The maximum atomic E-state index is 6.56. The van der Waals surface area contributed by atoms with Crippen LogP contribution in [0.1, 0.15) is 65.7 Å². The highest BCUT2D eigenvalue weighted by molar-refractivity contribution is 8.93. The van der Waals surface area contributed by atoms with E-state index in [-0.39, 0.29) is 22.5 Å². The van der Waals surface area contributed by atoms with Gasteiger partial charge in [-0.25, -0.2) is 0 Å². The van der Waals surface area contributed by atoms with Crippen molar-refractivity contribution in [1.82, 2.24) is 0 Å². The second-order valence-electron chi connectivity index (χ2n) is 4.70. The van der Waals surface area contributed by atoms with Gasteiger partial charge in [-0.2, -0.15) is 0 Å². The minimum Gasteiger partial charge on any atom is -0.325 e. The number of hydrogen-bond donors (Lipinski definition) is 1.